The number of aryl methyl sites for hydroxylation is 1. The van der Waals surface area contributed by atoms with Crippen LogP contribution in [0, 0.1) is 6.92 Å². The lowest BCUT2D eigenvalue weighted by atomic mass is 10.2. The van der Waals surface area contributed by atoms with Crippen LogP contribution in [0.3, 0.4) is 0 Å². The van der Waals surface area contributed by atoms with E-state index in [-0.39, 0.29) is 0 Å². The zero-order valence-corrected chi connectivity index (χ0v) is 9.77. The summed E-state index contributed by atoms with van der Waals surface area (Å²) >= 11 is 9.10. The van der Waals surface area contributed by atoms with E-state index >= 15 is 0 Å². The van der Waals surface area contributed by atoms with Crippen molar-refractivity contribution in [1.29, 1.82) is 0 Å². The van der Waals surface area contributed by atoms with Crippen LogP contribution in [0.5, 0.6) is 0 Å². The maximum atomic E-state index is 5.74. The number of hydrogen-bond acceptors (Lipinski definition) is 1. The Labute approximate surface area is 92.0 Å². The molecule has 0 aliphatic rings. The van der Waals surface area contributed by atoms with E-state index in [4.69, 9.17) is 11.6 Å². The predicted octanol–water partition coefficient (Wildman–Crippen LogP) is 3.84. The lowest BCUT2D eigenvalue weighted by Crippen LogP contribution is -1.85. The lowest BCUT2D eigenvalue weighted by molar-refractivity contribution is 1.18. The quantitative estimate of drug-likeness (QED) is 0.594. The second-order valence-corrected chi connectivity index (χ2v) is 3.87. The van der Waals surface area contributed by atoms with Gasteiger partial charge in [0.25, 0.3) is 0 Å². The Morgan fingerprint density at radius 3 is 2.92 bits per heavy atom. The molecule has 0 bridgehead atoms. The summed E-state index contributed by atoms with van der Waals surface area (Å²) < 4.78 is 0. The van der Waals surface area contributed by atoms with E-state index in [0.717, 1.165) is 23.0 Å². The highest BCUT2D eigenvalue weighted by molar-refractivity contribution is 9.09. The minimum Gasteiger partial charge on any atom is -0.241 e. The summed E-state index contributed by atoms with van der Waals surface area (Å²) in [7, 11) is 0. The molecule has 1 heterocycles. The predicted molar refractivity (Wildman–Crippen MR) is 61.4 cm³/mol. The van der Waals surface area contributed by atoms with E-state index in [9.17, 15) is 0 Å². The van der Waals surface area contributed by atoms with Crippen molar-refractivity contribution in [1.82, 2.24) is 4.98 Å². The third-order valence-electron chi connectivity index (χ3n) is 1.67. The van der Waals surface area contributed by atoms with Crippen LogP contribution in [0.1, 0.15) is 17.7 Å². The molecular formula is C10H11BrClN. The first kappa shape index (κ1) is 10.7. The molecule has 0 unspecified atom stereocenters. The number of nitrogens with zero attached hydrogens (tertiary/aromatic N) is 1. The Kier molecular flexibility index (Phi) is 4.46. The second kappa shape index (κ2) is 5.40. The lowest BCUT2D eigenvalue weighted by Gasteiger charge is -1.98. The third-order valence-corrected chi connectivity index (χ3v) is 2.33. The molecule has 1 aromatic heterocycles. The number of halogens is 2. The molecule has 0 saturated heterocycles. The summed E-state index contributed by atoms with van der Waals surface area (Å²) in [6.45, 7) is 1.96. The van der Waals surface area contributed by atoms with Crippen molar-refractivity contribution < 1.29 is 0 Å². The first-order chi connectivity index (χ1) is 6.24. The van der Waals surface area contributed by atoms with Gasteiger partial charge in [0.1, 0.15) is 5.15 Å². The molecule has 0 aromatic carbocycles. The highest BCUT2D eigenvalue weighted by Gasteiger charge is 1.95. The Morgan fingerprint density at radius 2 is 2.31 bits per heavy atom. The van der Waals surface area contributed by atoms with Crippen LogP contribution in [0.2, 0.25) is 5.15 Å². The number of rotatable bonds is 3. The number of pyridine rings is 1. The van der Waals surface area contributed by atoms with Gasteiger partial charge in [-0.05, 0) is 25.0 Å². The molecule has 1 rings (SSSR count). The monoisotopic (exact) mass is 259 g/mol. The first-order valence-corrected chi connectivity index (χ1v) is 5.59. The molecule has 0 aliphatic carbocycles. The average Bonchev–Trinajstić information content (AvgIpc) is 2.09. The molecule has 0 atom stereocenters. The maximum absolute atomic E-state index is 5.74. The van der Waals surface area contributed by atoms with Crippen LogP contribution in [0.15, 0.2) is 18.2 Å². The summed E-state index contributed by atoms with van der Waals surface area (Å²) in [4.78, 5) is 4.15. The molecule has 0 amide bonds. The van der Waals surface area contributed by atoms with Gasteiger partial charge in [0.2, 0.25) is 0 Å². The summed E-state index contributed by atoms with van der Waals surface area (Å²) in [5.41, 5.74) is 2.10. The molecule has 0 radical (unpaired) electrons. The Bertz CT molecular complexity index is 310. The molecule has 0 aliphatic heterocycles. The largest absolute Gasteiger partial charge is 0.241 e. The topological polar surface area (TPSA) is 12.9 Å². The van der Waals surface area contributed by atoms with Crippen molar-refractivity contribution >= 4 is 33.6 Å². The molecule has 0 spiro atoms. The summed E-state index contributed by atoms with van der Waals surface area (Å²) in [6, 6.07) is 3.79. The van der Waals surface area contributed by atoms with Crippen LogP contribution in [-0.4, -0.2) is 10.3 Å². The van der Waals surface area contributed by atoms with Gasteiger partial charge in [0, 0.05) is 11.0 Å². The van der Waals surface area contributed by atoms with Crippen molar-refractivity contribution in [3.8, 4) is 0 Å². The SMILES string of the molecule is Cc1nc(Cl)ccc1C=CCCBr. The van der Waals surface area contributed by atoms with Crippen LogP contribution < -0.4 is 0 Å². The number of allylic oxidation sites excluding steroid dienone is 1. The van der Waals surface area contributed by atoms with Gasteiger partial charge in [0.15, 0.2) is 0 Å². The van der Waals surface area contributed by atoms with Gasteiger partial charge in [-0.25, -0.2) is 4.98 Å². The minimum absolute atomic E-state index is 0.551. The minimum atomic E-state index is 0.551. The summed E-state index contributed by atoms with van der Waals surface area (Å²) in [6.07, 6.45) is 5.22. The van der Waals surface area contributed by atoms with Crippen LogP contribution in [0.4, 0.5) is 0 Å². The van der Waals surface area contributed by atoms with Gasteiger partial charge in [-0.3, -0.25) is 0 Å². The summed E-state index contributed by atoms with van der Waals surface area (Å²) in [5, 5.41) is 1.54. The van der Waals surface area contributed by atoms with Gasteiger partial charge in [-0.1, -0.05) is 45.7 Å². The van der Waals surface area contributed by atoms with Crippen molar-refractivity contribution in [3.05, 3.63) is 34.6 Å². The normalized spacial score (nSPS) is 11.0. The number of hydrogen-bond donors (Lipinski definition) is 0. The zero-order valence-electron chi connectivity index (χ0n) is 7.43. The maximum Gasteiger partial charge on any atom is 0.129 e. The van der Waals surface area contributed by atoms with Crippen molar-refractivity contribution in [2.45, 2.75) is 13.3 Å². The molecule has 13 heavy (non-hydrogen) atoms. The van der Waals surface area contributed by atoms with Gasteiger partial charge < -0.3 is 0 Å². The van der Waals surface area contributed by atoms with E-state index in [1.807, 2.05) is 19.1 Å². The smallest absolute Gasteiger partial charge is 0.129 e. The van der Waals surface area contributed by atoms with E-state index in [1.165, 1.54) is 0 Å². The molecule has 0 fully saturated rings. The highest BCUT2D eigenvalue weighted by atomic mass is 79.9. The van der Waals surface area contributed by atoms with E-state index in [1.54, 1.807) is 0 Å². The highest BCUT2D eigenvalue weighted by Crippen LogP contribution is 2.12. The standard InChI is InChI=1S/C10H11BrClN/c1-8-9(4-2-3-7-11)5-6-10(12)13-8/h2,4-6H,3,7H2,1H3. The Balaban J connectivity index is 2.77. The fourth-order valence-electron chi connectivity index (χ4n) is 0.991. The Hall–Kier alpha value is -0.340. The van der Waals surface area contributed by atoms with Crippen molar-refractivity contribution in [2.75, 3.05) is 5.33 Å². The molecule has 70 valence electrons. The van der Waals surface area contributed by atoms with Crippen LogP contribution in [0.25, 0.3) is 6.08 Å². The molecule has 0 N–H and O–H groups in total. The molecule has 0 saturated carbocycles. The fourth-order valence-corrected chi connectivity index (χ4v) is 1.44. The van der Waals surface area contributed by atoms with Gasteiger partial charge in [-0.2, -0.15) is 0 Å². The Morgan fingerprint density at radius 1 is 1.54 bits per heavy atom. The molecule has 3 heteroatoms. The molecule has 1 aromatic rings. The summed E-state index contributed by atoms with van der Waals surface area (Å²) in [5.74, 6) is 0. The first-order valence-electron chi connectivity index (χ1n) is 4.09. The van der Waals surface area contributed by atoms with Crippen LogP contribution >= 0.6 is 27.5 Å². The van der Waals surface area contributed by atoms with Gasteiger partial charge in [0.05, 0.1) is 0 Å². The van der Waals surface area contributed by atoms with E-state index in [2.05, 4.69) is 33.1 Å². The molecule has 1 nitrogen and oxygen atoms in total. The number of alkyl halides is 1. The van der Waals surface area contributed by atoms with Crippen LogP contribution in [-0.2, 0) is 0 Å². The van der Waals surface area contributed by atoms with E-state index in [0.29, 0.717) is 5.15 Å². The van der Waals surface area contributed by atoms with Crippen molar-refractivity contribution in [2.24, 2.45) is 0 Å². The van der Waals surface area contributed by atoms with Gasteiger partial charge in [-0.15, -0.1) is 0 Å². The van der Waals surface area contributed by atoms with Crippen molar-refractivity contribution in [3.63, 3.8) is 0 Å². The third kappa shape index (κ3) is 3.49. The fraction of sp³-hybridized carbons (Fsp3) is 0.300. The molecular weight excluding hydrogens is 249 g/mol. The zero-order chi connectivity index (χ0) is 9.68. The number of aromatic nitrogens is 1. The van der Waals surface area contributed by atoms with Gasteiger partial charge >= 0.3 is 0 Å². The average molecular weight is 261 g/mol. The van der Waals surface area contributed by atoms with E-state index < -0.39 is 0 Å². The second-order valence-electron chi connectivity index (χ2n) is 2.69.